The number of aryl methyl sites for hydroxylation is 2. The van der Waals surface area contributed by atoms with Crippen molar-refractivity contribution in [3.05, 3.63) is 60.2 Å². The second-order valence-electron chi connectivity index (χ2n) is 9.03. The fraction of sp³-hybridized carbons (Fsp3) is 0.414. The molecule has 0 aliphatic carbocycles. The topological polar surface area (TPSA) is 157 Å². The van der Waals surface area contributed by atoms with Gasteiger partial charge in [0.1, 0.15) is 5.76 Å². The molecule has 3 rings (SSSR count). The number of pyridine rings is 1. The van der Waals surface area contributed by atoms with Crippen molar-refractivity contribution in [3.63, 3.8) is 0 Å². The van der Waals surface area contributed by atoms with Crippen molar-refractivity contribution in [1.82, 2.24) is 4.98 Å². The van der Waals surface area contributed by atoms with Crippen LogP contribution in [0.1, 0.15) is 50.4 Å². The maximum Gasteiger partial charge on any atom is 0.328 e. The number of carbonyl (C=O) groups is 2. The Hall–Kier alpha value is -4.05. The number of carboxylic acids is 2. The molecule has 5 N–H and O–H groups in total. The monoisotopic (exact) mass is 541 g/mol. The molecule has 0 saturated heterocycles. The van der Waals surface area contributed by atoms with Crippen LogP contribution in [0.25, 0.3) is 10.9 Å². The average Bonchev–Trinajstić information content (AvgIpc) is 3.43. The number of anilines is 1. The quantitative estimate of drug-likeness (QED) is 0.149. The third-order valence-electron chi connectivity index (χ3n) is 5.87. The lowest BCUT2D eigenvalue weighted by Gasteiger charge is -2.20. The molecule has 0 saturated carbocycles. The number of nitrogens with one attached hydrogen (secondary N) is 1. The summed E-state index contributed by atoms with van der Waals surface area (Å²) >= 11 is 0. The van der Waals surface area contributed by atoms with Gasteiger partial charge in [0.15, 0.2) is 11.5 Å². The van der Waals surface area contributed by atoms with Crippen molar-refractivity contribution in [2.24, 2.45) is 5.73 Å². The Kier molecular flexibility index (Phi) is 13.4. The molecule has 3 aromatic rings. The minimum atomic E-state index is -1.26. The largest absolute Gasteiger partial charge is 0.493 e. The van der Waals surface area contributed by atoms with Gasteiger partial charge in [0, 0.05) is 36.9 Å². The maximum atomic E-state index is 9.55. The van der Waals surface area contributed by atoms with E-state index in [4.69, 9.17) is 29.8 Å². The smallest absolute Gasteiger partial charge is 0.328 e. The number of aliphatic carboxylic acids is 2. The Morgan fingerprint density at radius 3 is 2.51 bits per heavy atom. The van der Waals surface area contributed by atoms with Crippen LogP contribution in [0, 0.1) is 6.92 Å². The number of methoxy groups -OCH3 is 1. The van der Waals surface area contributed by atoms with E-state index < -0.39 is 11.9 Å². The highest BCUT2D eigenvalue weighted by atomic mass is 16.5. The zero-order chi connectivity index (χ0) is 28.6. The van der Waals surface area contributed by atoms with E-state index in [9.17, 15) is 9.59 Å². The van der Waals surface area contributed by atoms with E-state index in [2.05, 4.69) is 24.1 Å². The molecule has 0 amide bonds. The van der Waals surface area contributed by atoms with Crippen LogP contribution in [-0.2, 0) is 16.0 Å². The lowest BCUT2D eigenvalue weighted by atomic mass is 10.1. The minimum Gasteiger partial charge on any atom is -0.493 e. The number of aromatic nitrogens is 1. The van der Waals surface area contributed by atoms with Gasteiger partial charge in [-0.05, 0) is 76.3 Å². The first-order chi connectivity index (χ1) is 18.8. The van der Waals surface area contributed by atoms with E-state index in [1.165, 1.54) is 0 Å². The van der Waals surface area contributed by atoms with Crippen molar-refractivity contribution in [3.8, 4) is 11.5 Å². The van der Waals surface area contributed by atoms with Crippen LogP contribution in [0.3, 0.4) is 0 Å². The van der Waals surface area contributed by atoms with Gasteiger partial charge < -0.3 is 35.2 Å². The van der Waals surface area contributed by atoms with Crippen LogP contribution in [0.4, 0.5) is 5.69 Å². The van der Waals surface area contributed by atoms with Crippen molar-refractivity contribution in [2.45, 2.75) is 58.4 Å². The number of rotatable bonds is 15. The van der Waals surface area contributed by atoms with Crippen LogP contribution in [0.5, 0.6) is 11.5 Å². The van der Waals surface area contributed by atoms with Gasteiger partial charge in [0.05, 0.1) is 36.6 Å². The normalized spacial score (nSPS) is 11.6. The number of furan rings is 1. The standard InChI is InChI=1S/C25H35N3O3.C4H4O4/c1-18-12-14-27-24-21(28-19(2)9-7-13-26)17-22(29-3)25(23(18)24)31-15-6-4-5-10-20-11-8-16-30-20;5-3(6)1-2-4(7)8/h8,11-12,14,16-17,19,28H,4-7,9-10,13,15,26H2,1-3H3;1-2H,(H,5,6)(H,7,8)/b;2-1+. The molecule has 10 heteroatoms. The van der Waals surface area contributed by atoms with E-state index in [1.807, 2.05) is 30.5 Å². The van der Waals surface area contributed by atoms with Gasteiger partial charge >= 0.3 is 11.9 Å². The highest BCUT2D eigenvalue weighted by Gasteiger charge is 2.18. The Morgan fingerprint density at radius 1 is 1.15 bits per heavy atom. The van der Waals surface area contributed by atoms with Crippen molar-refractivity contribution in [1.29, 1.82) is 0 Å². The molecule has 2 aromatic heterocycles. The van der Waals surface area contributed by atoms with Gasteiger partial charge in [-0.15, -0.1) is 0 Å². The molecule has 2 heterocycles. The van der Waals surface area contributed by atoms with Gasteiger partial charge in [-0.25, -0.2) is 9.59 Å². The summed E-state index contributed by atoms with van der Waals surface area (Å²) in [6.45, 7) is 5.58. The molecule has 1 atom stereocenters. The summed E-state index contributed by atoms with van der Waals surface area (Å²) in [5.41, 5.74) is 8.66. The molecule has 212 valence electrons. The number of nitrogens with two attached hydrogens (primary N) is 1. The number of nitrogens with zero attached hydrogens (tertiary/aromatic N) is 1. The molecule has 0 radical (unpaired) electrons. The Labute approximate surface area is 228 Å². The van der Waals surface area contributed by atoms with Gasteiger partial charge in [-0.2, -0.15) is 0 Å². The number of benzene rings is 1. The predicted molar refractivity (Wildman–Crippen MR) is 151 cm³/mol. The molecule has 1 aromatic carbocycles. The molecule has 0 fully saturated rings. The van der Waals surface area contributed by atoms with Gasteiger partial charge in [-0.1, -0.05) is 0 Å². The number of ether oxygens (including phenoxy) is 2. The van der Waals surface area contributed by atoms with Crippen LogP contribution in [0.15, 0.2) is 53.3 Å². The molecule has 39 heavy (non-hydrogen) atoms. The summed E-state index contributed by atoms with van der Waals surface area (Å²) < 4.78 is 17.4. The van der Waals surface area contributed by atoms with Crippen LogP contribution in [0.2, 0.25) is 0 Å². The number of fused-ring (bicyclic) bond motifs is 1. The predicted octanol–water partition coefficient (Wildman–Crippen LogP) is 5.19. The maximum absolute atomic E-state index is 9.55. The molecule has 1 unspecified atom stereocenters. The third kappa shape index (κ3) is 10.7. The Bertz CT molecular complexity index is 1190. The summed E-state index contributed by atoms with van der Waals surface area (Å²) in [4.78, 5) is 23.8. The molecule has 0 aliphatic heterocycles. The highest BCUT2D eigenvalue weighted by Crippen LogP contribution is 2.41. The minimum absolute atomic E-state index is 0.291. The molecular formula is C29H39N3O7. The third-order valence-corrected chi connectivity index (χ3v) is 5.87. The number of carboxylic acid groups (broad SMARTS) is 2. The Morgan fingerprint density at radius 2 is 1.90 bits per heavy atom. The van der Waals surface area contributed by atoms with E-state index in [0.29, 0.717) is 31.3 Å². The molecule has 0 bridgehead atoms. The molecular weight excluding hydrogens is 502 g/mol. The van der Waals surface area contributed by atoms with E-state index in [-0.39, 0.29) is 0 Å². The highest BCUT2D eigenvalue weighted by molar-refractivity contribution is 5.99. The van der Waals surface area contributed by atoms with Crippen LogP contribution < -0.4 is 20.5 Å². The van der Waals surface area contributed by atoms with E-state index >= 15 is 0 Å². The van der Waals surface area contributed by atoms with Gasteiger partial charge in [0.25, 0.3) is 0 Å². The first-order valence-electron chi connectivity index (χ1n) is 13.0. The summed E-state index contributed by atoms with van der Waals surface area (Å²) in [5.74, 6) is 0.0286. The van der Waals surface area contributed by atoms with E-state index in [0.717, 1.165) is 77.9 Å². The fourth-order valence-electron chi connectivity index (χ4n) is 3.95. The van der Waals surface area contributed by atoms with Gasteiger partial charge in [-0.3, -0.25) is 4.98 Å². The number of hydrogen-bond donors (Lipinski definition) is 4. The fourth-order valence-corrected chi connectivity index (χ4v) is 3.95. The SMILES string of the molecule is COc1cc(NC(C)CCCN)c2nccc(C)c2c1OCCCCCc1ccco1.O=C(O)/C=C/C(=O)O. The molecule has 10 nitrogen and oxygen atoms in total. The van der Waals surface area contributed by atoms with Crippen LogP contribution >= 0.6 is 0 Å². The first-order valence-corrected chi connectivity index (χ1v) is 13.0. The number of hydrogen-bond acceptors (Lipinski definition) is 8. The average molecular weight is 542 g/mol. The summed E-state index contributed by atoms with van der Waals surface area (Å²) in [7, 11) is 1.69. The Balaban J connectivity index is 0.000000580. The summed E-state index contributed by atoms with van der Waals surface area (Å²) in [6.07, 6.45) is 10.8. The van der Waals surface area contributed by atoms with E-state index in [1.54, 1.807) is 13.4 Å². The number of unbranched alkanes of at least 4 members (excludes halogenated alkanes) is 2. The second kappa shape index (κ2) is 16.7. The van der Waals surface area contributed by atoms with Gasteiger partial charge in [0.2, 0.25) is 0 Å². The molecule has 0 spiro atoms. The lowest BCUT2D eigenvalue weighted by Crippen LogP contribution is -2.17. The lowest BCUT2D eigenvalue weighted by molar-refractivity contribution is -0.134. The summed E-state index contributed by atoms with van der Waals surface area (Å²) in [5, 5.41) is 20.2. The zero-order valence-electron chi connectivity index (χ0n) is 22.8. The first kappa shape index (κ1) is 31.2. The zero-order valence-corrected chi connectivity index (χ0v) is 22.8. The van der Waals surface area contributed by atoms with Crippen LogP contribution in [-0.4, -0.2) is 53.4 Å². The van der Waals surface area contributed by atoms with Crippen molar-refractivity contribution in [2.75, 3.05) is 25.6 Å². The van der Waals surface area contributed by atoms with Crippen molar-refractivity contribution < 1.29 is 33.7 Å². The summed E-state index contributed by atoms with van der Waals surface area (Å²) in [6, 6.07) is 8.26. The molecule has 0 aliphatic rings. The second-order valence-corrected chi connectivity index (χ2v) is 9.03. The van der Waals surface area contributed by atoms with Crippen molar-refractivity contribution >= 4 is 28.5 Å².